The second-order valence-electron chi connectivity index (χ2n) is 4.67. The number of esters is 1. The van der Waals surface area contributed by atoms with Crippen molar-refractivity contribution in [3.63, 3.8) is 0 Å². The van der Waals surface area contributed by atoms with Gasteiger partial charge in [-0.3, -0.25) is 0 Å². The molecule has 0 fully saturated rings. The van der Waals surface area contributed by atoms with Crippen LogP contribution in [-0.2, 0) is 0 Å². The van der Waals surface area contributed by atoms with E-state index in [-0.39, 0.29) is 0 Å². The zero-order valence-corrected chi connectivity index (χ0v) is 12.1. The Kier molecular flexibility index (Phi) is 3.59. The van der Waals surface area contributed by atoms with E-state index in [1.807, 2.05) is 19.1 Å². The van der Waals surface area contributed by atoms with Gasteiger partial charge in [0.1, 0.15) is 10.9 Å². The van der Waals surface area contributed by atoms with Crippen LogP contribution in [0, 0.1) is 6.92 Å². The summed E-state index contributed by atoms with van der Waals surface area (Å²) in [4.78, 5) is 16.3. The number of carbonyl (C=O) groups excluding carboxylic acids is 1. The smallest absolute Gasteiger partial charge is 0.343 e. The molecule has 104 valence electrons. The van der Waals surface area contributed by atoms with Crippen LogP contribution >= 0.6 is 11.6 Å². The number of ether oxygens (including phenoxy) is 1. The lowest BCUT2D eigenvalue weighted by atomic mass is 10.1. The number of hydrogen-bond donors (Lipinski definition) is 0. The Labute approximate surface area is 127 Å². The van der Waals surface area contributed by atoms with Crippen molar-refractivity contribution in [2.24, 2.45) is 0 Å². The van der Waals surface area contributed by atoms with Gasteiger partial charge in [-0.25, -0.2) is 9.78 Å². The fourth-order valence-corrected chi connectivity index (χ4v) is 2.42. The van der Waals surface area contributed by atoms with Gasteiger partial charge >= 0.3 is 5.97 Å². The molecule has 0 saturated heterocycles. The van der Waals surface area contributed by atoms with Crippen molar-refractivity contribution >= 4 is 28.3 Å². The van der Waals surface area contributed by atoms with Crippen LogP contribution in [0.5, 0.6) is 5.75 Å². The van der Waals surface area contributed by atoms with Gasteiger partial charge < -0.3 is 4.74 Å². The van der Waals surface area contributed by atoms with Crippen LogP contribution in [0.2, 0.25) is 5.15 Å². The first kappa shape index (κ1) is 13.6. The van der Waals surface area contributed by atoms with E-state index in [1.165, 1.54) is 0 Å². The number of aromatic nitrogens is 1. The molecule has 0 aliphatic carbocycles. The number of pyridine rings is 1. The molecule has 0 unspecified atom stereocenters. The molecule has 4 heteroatoms. The predicted octanol–water partition coefficient (Wildman–Crippen LogP) is 4.42. The minimum Gasteiger partial charge on any atom is -0.422 e. The van der Waals surface area contributed by atoms with Gasteiger partial charge in [0, 0.05) is 17.0 Å². The fourth-order valence-electron chi connectivity index (χ4n) is 2.22. The Morgan fingerprint density at radius 3 is 2.62 bits per heavy atom. The lowest BCUT2D eigenvalue weighted by molar-refractivity contribution is 0.0737. The van der Waals surface area contributed by atoms with Gasteiger partial charge in [0.15, 0.2) is 0 Å². The second kappa shape index (κ2) is 5.54. The van der Waals surface area contributed by atoms with E-state index in [1.54, 1.807) is 42.6 Å². The third-order valence-electron chi connectivity index (χ3n) is 3.23. The normalized spacial score (nSPS) is 10.6. The zero-order valence-electron chi connectivity index (χ0n) is 11.3. The van der Waals surface area contributed by atoms with Crippen molar-refractivity contribution in [3.8, 4) is 5.75 Å². The van der Waals surface area contributed by atoms with Crippen LogP contribution in [0.4, 0.5) is 0 Å². The SMILES string of the molecule is Cc1cnc(Cl)c2cccc(OC(=O)c3ccccc3)c12. The molecule has 1 aromatic heterocycles. The average molecular weight is 298 g/mol. The summed E-state index contributed by atoms with van der Waals surface area (Å²) in [5.41, 5.74) is 1.41. The molecule has 0 aliphatic rings. The molecule has 0 N–H and O–H groups in total. The highest BCUT2D eigenvalue weighted by molar-refractivity contribution is 6.34. The van der Waals surface area contributed by atoms with Crippen molar-refractivity contribution in [3.05, 3.63) is 71.0 Å². The average Bonchev–Trinajstić information content (AvgIpc) is 2.52. The largest absolute Gasteiger partial charge is 0.422 e. The molecule has 0 amide bonds. The summed E-state index contributed by atoms with van der Waals surface area (Å²) < 4.78 is 5.52. The van der Waals surface area contributed by atoms with Gasteiger partial charge in [-0.15, -0.1) is 0 Å². The minimum absolute atomic E-state index is 0.393. The van der Waals surface area contributed by atoms with Crippen LogP contribution in [0.25, 0.3) is 10.8 Å². The molecule has 0 aliphatic heterocycles. The van der Waals surface area contributed by atoms with Gasteiger partial charge in [0.25, 0.3) is 0 Å². The standard InChI is InChI=1S/C17H12ClNO2/c1-11-10-19-16(18)13-8-5-9-14(15(11)13)21-17(20)12-6-3-2-4-7-12/h2-10H,1H3. The van der Waals surface area contributed by atoms with E-state index in [9.17, 15) is 4.79 Å². The van der Waals surface area contributed by atoms with Crippen LogP contribution < -0.4 is 4.74 Å². The summed E-state index contributed by atoms with van der Waals surface area (Å²) in [7, 11) is 0. The monoisotopic (exact) mass is 297 g/mol. The molecule has 21 heavy (non-hydrogen) atoms. The molecule has 0 saturated carbocycles. The first-order valence-corrected chi connectivity index (χ1v) is 6.85. The number of nitrogens with zero attached hydrogens (tertiary/aromatic N) is 1. The maximum atomic E-state index is 12.2. The Hall–Kier alpha value is -2.39. The highest BCUT2D eigenvalue weighted by Gasteiger charge is 2.13. The fraction of sp³-hybridized carbons (Fsp3) is 0.0588. The molecule has 0 spiro atoms. The third-order valence-corrected chi connectivity index (χ3v) is 3.53. The maximum absolute atomic E-state index is 12.2. The Balaban J connectivity index is 2.06. The highest BCUT2D eigenvalue weighted by atomic mass is 35.5. The van der Waals surface area contributed by atoms with Crippen molar-refractivity contribution in [2.75, 3.05) is 0 Å². The molecular weight excluding hydrogens is 286 g/mol. The van der Waals surface area contributed by atoms with Gasteiger partial charge in [-0.2, -0.15) is 0 Å². The number of rotatable bonds is 2. The lowest BCUT2D eigenvalue weighted by Crippen LogP contribution is -2.08. The van der Waals surface area contributed by atoms with E-state index in [0.717, 1.165) is 16.3 Å². The lowest BCUT2D eigenvalue weighted by Gasteiger charge is -2.10. The van der Waals surface area contributed by atoms with Gasteiger partial charge in [0.2, 0.25) is 0 Å². The van der Waals surface area contributed by atoms with Crippen LogP contribution in [0.15, 0.2) is 54.7 Å². The number of hydrogen-bond acceptors (Lipinski definition) is 3. The van der Waals surface area contributed by atoms with E-state index in [2.05, 4.69) is 4.98 Å². The number of aryl methyl sites for hydroxylation is 1. The highest BCUT2D eigenvalue weighted by Crippen LogP contribution is 2.32. The molecule has 3 aromatic rings. The third kappa shape index (κ3) is 2.60. The Morgan fingerprint density at radius 1 is 1.10 bits per heavy atom. The topological polar surface area (TPSA) is 39.2 Å². The summed E-state index contributed by atoms with van der Waals surface area (Å²) in [5, 5.41) is 1.98. The minimum atomic E-state index is -0.393. The molecular formula is C17H12ClNO2. The Bertz CT molecular complexity index is 816. The zero-order chi connectivity index (χ0) is 14.8. The number of benzene rings is 2. The quantitative estimate of drug-likeness (QED) is 0.399. The van der Waals surface area contributed by atoms with Crippen LogP contribution in [-0.4, -0.2) is 11.0 Å². The molecule has 1 heterocycles. The number of halogens is 1. The molecule has 0 radical (unpaired) electrons. The summed E-state index contributed by atoms with van der Waals surface area (Å²) in [6.07, 6.45) is 1.67. The first-order chi connectivity index (χ1) is 10.2. The van der Waals surface area contributed by atoms with E-state index in [0.29, 0.717) is 16.5 Å². The van der Waals surface area contributed by atoms with Crippen LogP contribution in [0.3, 0.4) is 0 Å². The number of carbonyl (C=O) groups is 1. The molecule has 3 rings (SSSR count). The van der Waals surface area contributed by atoms with Crippen LogP contribution in [0.1, 0.15) is 15.9 Å². The van der Waals surface area contributed by atoms with Crippen molar-refractivity contribution in [1.82, 2.24) is 4.98 Å². The van der Waals surface area contributed by atoms with Gasteiger partial charge in [-0.05, 0) is 30.7 Å². The van der Waals surface area contributed by atoms with Crippen molar-refractivity contribution in [1.29, 1.82) is 0 Å². The second-order valence-corrected chi connectivity index (χ2v) is 5.02. The maximum Gasteiger partial charge on any atom is 0.343 e. The molecule has 0 atom stereocenters. The summed E-state index contributed by atoms with van der Waals surface area (Å²) in [5.74, 6) is 0.0959. The van der Waals surface area contributed by atoms with E-state index in [4.69, 9.17) is 16.3 Å². The summed E-state index contributed by atoms with van der Waals surface area (Å²) >= 11 is 6.10. The van der Waals surface area contributed by atoms with Gasteiger partial charge in [0.05, 0.1) is 5.56 Å². The molecule has 2 aromatic carbocycles. The number of fused-ring (bicyclic) bond motifs is 1. The van der Waals surface area contributed by atoms with Crippen molar-refractivity contribution in [2.45, 2.75) is 6.92 Å². The van der Waals surface area contributed by atoms with Gasteiger partial charge in [-0.1, -0.05) is 41.9 Å². The van der Waals surface area contributed by atoms with Crippen molar-refractivity contribution < 1.29 is 9.53 Å². The Morgan fingerprint density at radius 2 is 1.86 bits per heavy atom. The van der Waals surface area contributed by atoms with E-state index >= 15 is 0 Å². The summed E-state index contributed by atoms with van der Waals surface area (Å²) in [6.45, 7) is 1.91. The molecule has 3 nitrogen and oxygen atoms in total. The summed E-state index contributed by atoms with van der Waals surface area (Å²) in [6, 6.07) is 14.3. The predicted molar refractivity (Wildman–Crippen MR) is 82.9 cm³/mol. The first-order valence-electron chi connectivity index (χ1n) is 6.48. The molecule has 0 bridgehead atoms. The van der Waals surface area contributed by atoms with E-state index < -0.39 is 5.97 Å².